The van der Waals surface area contributed by atoms with Gasteiger partial charge in [-0.05, 0) is 0 Å². The second-order valence-corrected chi connectivity index (χ2v) is 1.78. The molecule has 0 fully saturated rings. The van der Waals surface area contributed by atoms with E-state index in [0.717, 1.165) is 12.1 Å². The van der Waals surface area contributed by atoms with Gasteiger partial charge in [0.15, 0.2) is 0 Å². The molecule has 1 rings (SSSR count). The molecule has 0 heterocycles. The number of benzene rings is 1. The predicted octanol–water partition coefficient (Wildman–Crippen LogP) is 2.65. The van der Waals surface area contributed by atoms with Crippen molar-refractivity contribution in [3.8, 4) is 0 Å². The molecule has 0 bridgehead atoms. The number of hydrogen-bond donors (Lipinski definition) is 0. The van der Waals surface area contributed by atoms with Crippen LogP contribution in [0.25, 0.3) is 0 Å². The quantitative estimate of drug-likeness (QED) is 0.537. The highest BCUT2D eigenvalue weighted by molar-refractivity contribution is 5.36. The van der Waals surface area contributed by atoms with Gasteiger partial charge in [0.1, 0.15) is 0 Å². The van der Waals surface area contributed by atoms with Gasteiger partial charge in [-0.15, -0.1) is 0 Å². The molecule has 1 aromatic carbocycles. The minimum absolute atomic E-state index is 0.664. The Hall–Kier alpha value is -1.03. The molecule has 54 valence electrons. The summed E-state index contributed by atoms with van der Waals surface area (Å²) in [5.74, 6) is 0. The van der Waals surface area contributed by atoms with Crippen molar-refractivity contribution in [3.05, 3.63) is 30.3 Å². The predicted molar refractivity (Wildman–Crippen MR) is 31.6 cm³/mol. The van der Waals surface area contributed by atoms with Crippen molar-refractivity contribution in [1.82, 2.24) is 5.15 Å². The van der Waals surface area contributed by atoms with Crippen molar-refractivity contribution in [2.75, 3.05) is 0 Å². The van der Waals surface area contributed by atoms with Crippen LogP contribution < -0.4 is 5.15 Å². The molecule has 10 heavy (non-hydrogen) atoms. The van der Waals surface area contributed by atoms with Crippen molar-refractivity contribution < 1.29 is 13.4 Å². The van der Waals surface area contributed by atoms with Gasteiger partial charge in [-0.1, -0.05) is 18.2 Å². The highest BCUT2D eigenvalue weighted by Crippen LogP contribution is 2.24. The molecule has 1 nitrogen and oxygen atoms in total. The van der Waals surface area contributed by atoms with E-state index in [0.29, 0.717) is 0 Å². The number of hydrogen-bond acceptors (Lipinski definition) is 0. The van der Waals surface area contributed by atoms with Crippen LogP contribution in [0.5, 0.6) is 0 Å². The van der Waals surface area contributed by atoms with Crippen LogP contribution in [0.2, 0.25) is 0 Å². The number of nitrogens with zero attached hydrogens (tertiary/aromatic N) is 1. The monoisotopic (exact) mass is 148 g/mol. The maximum atomic E-state index is 11.7. The molecule has 0 aromatic heterocycles. The zero-order valence-corrected chi connectivity index (χ0v) is 4.97. The highest BCUT2D eigenvalue weighted by Gasteiger charge is 2.34. The summed E-state index contributed by atoms with van der Waals surface area (Å²) in [6.07, 6.45) is 0. The van der Waals surface area contributed by atoms with Crippen LogP contribution in [0.4, 0.5) is 19.1 Å². The van der Waals surface area contributed by atoms with Gasteiger partial charge in [-0.2, -0.15) is 0 Å². The minimum atomic E-state index is -3.61. The highest BCUT2D eigenvalue weighted by atomic mass is 19.6. The standard InChI is InChI=1S/C6H5F3N/c7-10(8,9)6-4-2-1-3-5-6/h1-5H/q+1. The third-order valence-corrected chi connectivity index (χ3v) is 1.05. The summed E-state index contributed by atoms with van der Waals surface area (Å²) in [4.78, 5) is 0. The largest absolute Gasteiger partial charge is 0.279 e. The molecule has 0 spiro atoms. The van der Waals surface area contributed by atoms with Gasteiger partial charge in [-0.25, -0.2) is 0 Å². The van der Waals surface area contributed by atoms with Crippen LogP contribution >= 0.6 is 0 Å². The molecule has 0 aliphatic heterocycles. The Kier molecular flexibility index (Phi) is 1.63. The lowest BCUT2D eigenvalue weighted by Crippen LogP contribution is -2.16. The summed E-state index contributed by atoms with van der Waals surface area (Å²) in [5.41, 5.74) is -0.664. The Morgan fingerprint density at radius 2 is 1.40 bits per heavy atom. The van der Waals surface area contributed by atoms with Crippen LogP contribution in [0.1, 0.15) is 0 Å². The van der Waals surface area contributed by atoms with Gasteiger partial charge < -0.3 is 0 Å². The first kappa shape index (κ1) is 7.08. The zero-order chi connectivity index (χ0) is 7.61. The van der Waals surface area contributed by atoms with Gasteiger partial charge in [0, 0.05) is 12.1 Å². The van der Waals surface area contributed by atoms with E-state index in [9.17, 15) is 13.4 Å². The Morgan fingerprint density at radius 1 is 0.900 bits per heavy atom. The topological polar surface area (TPSA) is 0 Å². The second-order valence-electron chi connectivity index (χ2n) is 1.78. The lowest BCUT2D eigenvalue weighted by molar-refractivity contribution is -0.278. The summed E-state index contributed by atoms with van der Waals surface area (Å²) < 4.78 is 35.2. The number of quaternary nitrogens is 1. The molecule has 0 atom stereocenters. The Balaban J connectivity index is 2.97. The molecule has 4 heteroatoms. The molecule has 1 aromatic rings. The molecular weight excluding hydrogens is 143 g/mol. The van der Waals surface area contributed by atoms with Crippen molar-refractivity contribution in [2.24, 2.45) is 0 Å². The average Bonchev–Trinajstić information content (AvgIpc) is 1.88. The van der Waals surface area contributed by atoms with E-state index in [2.05, 4.69) is 0 Å². The Bertz CT molecular complexity index is 204. The van der Waals surface area contributed by atoms with E-state index in [4.69, 9.17) is 0 Å². The van der Waals surface area contributed by atoms with Gasteiger partial charge in [0.25, 0.3) is 10.8 Å². The lowest BCUT2D eigenvalue weighted by Gasteiger charge is -1.96. The first-order valence-corrected chi connectivity index (χ1v) is 2.64. The molecule has 0 radical (unpaired) electrons. The van der Waals surface area contributed by atoms with Crippen LogP contribution in [-0.2, 0) is 0 Å². The smallest absolute Gasteiger partial charge is 0.0618 e. The van der Waals surface area contributed by atoms with Crippen molar-refractivity contribution >= 4 is 5.69 Å². The maximum absolute atomic E-state index is 11.7. The fourth-order valence-corrected chi connectivity index (χ4v) is 0.597. The first-order chi connectivity index (χ1) is 4.61. The lowest BCUT2D eigenvalue weighted by atomic mass is 10.3. The van der Waals surface area contributed by atoms with Crippen molar-refractivity contribution in [2.45, 2.75) is 0 Å². The Labute approximate surface area is 55.7 Å². The van der Waals surface area contributed by atoms with Crippen LogP contribution in [0.3, 0.4) is 0 Å². The Morgan fingerprint density at radius 3 is 1.70 bits per heavy atom. The number of rotatable bonds is 1. The molecule has 0 saturated carbocycles. The van der Waals surface area contributed by atoms with Crippen LogP contribution in [0, 0.1) is 0 Å². The minimum Gasteiger partial charge on any atom is -0.0618 e. The van der Waals surface area contributed by atoms with Crippen molar-refractivity contribution in [1.29, 1.82) is 0 Å². The fraction of sp³-hybridized carbons (Fsp3) is 0. The average molecular weight is 148 g/mol. The molecule has 0 saturated heterocycles. The van der Waals surface area contributed by atoms with Gasteiger partial charge in [0.05, 0.1) is 13.4 Å². The van der Waals surface area contributed by atoms with E-state index in [1.54, 1.807) is 6.07 Å². The molecule has 0 aliphatic carbocycles. The van der Waals surface area contributed by atoms with Gasteiger partial charge >= 0.3 is 0 Å². The number of halogens is 3. The first-order valence-electron chi connectivity index (χ1n) is 2.64. The summed E-state index contributed by atoms with van der Waals surface area (Å²) >= 11 is 0. The molecular formula is C6H5F3N+. The van der Waals surface area contributed by atoms with E-state index < -0.39 is 10.8 Å². The molecule has 0 N–H and O–H groups in total. The van der Waals surface area contributed by atoms with E-state index in [1.807, 2.05) is 0 Å². The fourth-order valence-electron chi connectivity index (χ4n) is 0.597. The molecule has 0 unspecified atom stereocenters. The van der Waals surface area contributed by atoms with E-state index in [1.165, 1.54) is 12.1 Å². The summed E-state index contributed by atoms with van der Waals surface area (Å²) in [6, 6.07) is 6.27. The maximum Gasteiger partial charge on any atom is 0.279 e. The second kappa shape index (κ2) is 2.30. The molecule has 0 amide bonds. The summed E-state index contributed by atoms with van der Waals surface area (Å²) in [7, 11) is 0. The van der Waals surface area contributed by atoms with Crippen LogP contribution in [-0.4, -0.2) is 0 Å². The van der Waals surface area contributed by atoms with Gasteiger partial charge in [0.2, 0.25) is 0 Å². The summed E-state index contributed by atoms with van der Waals surface area (Å²) in [6.45, 7) is 0. The zero-order valence-electron chi connectivity index (χ0n) is 4.97. The SMILES string of the molecule is F[N+](F)(F)c1ccccc1. The normalized spacial score (nSPS) is 11.5. The third-order valence-electron chi connectivity index (χ3n) is 1.05. The van der Waals surface area contributed by atoms with Gasteiger partial charge in [-0.3, -0.25) is 0 Å². The third kappa shape index (κ3) is 1.48. The van der Waals surface area contributed by atoms with Crippen molar-refractivity contribution in [3.63, 3.8) is 0 Å². The van der Waals surface area contributed by atoms with Crippen LogP contribution in [0.15, 0.2) is 30.3 Å². The van der Waals surface area contributed by atoms with E-state index in [-0.39, 0.29) is 0 Å². The van der Waals surface area contributed by atoms with E-state index >= 15 is 0 Å². The molecule has 0 aliphatic rings. The summed E-state index contributed by atoms with van der Waals surface area (Å²) in [5, 5.41) is -3.61.